The van der Waals surface area contributed by atoms with Gasteiger partial charge in [-0.3, -0.25) is 0 Å². The molecule has 0 bridgehead atoms. The molecule has 0 saturated carbocycles. The Morgan fingerprint density at radius 2 is 1.96 bits per heavy atom. The van der Waals surface area contributed by atoms with E-state index in [4.69, 9.17) is 14.7 Å². The summed E-state index contributed by atoms with van der Waals surface area (Å²) >= 11 is 0. The van der Waals surface area contributed by atoms with Crippen molar-refractivity contribution in [3.63, 3.8) is 0 Å². The number of halogens is 1. The van der Waals surface area contributed by atoms with Crippen LogP contribution in [0, 0.1) is 0 Å². The average molecular weight is 375 g/mol. The molecule has 26 heavy (non-hydrogen) atoms. The molecule has 1 aromatic heterocycles. The highest BCUT2D eigenvalue weighted by Crippen LogP contribution is 2.27. The number of nitrogens with zero attached hydrogens (tertiary/aromatic N) is 3. The highest BCUT2D eigenvalue weighted by atomic mass is 35.5. The second-order valence-corrected chi connectivity index (χ2v) is 6.89. The Morgan fingerprint density at radius 1 is 1.15 bits per heavy atom. The molecule has 1 aromatic carbocycles. The van der Waals surface area contributed by atoms with Crippen molar-refractivity contribution >= 4 is 18.2 Å². The lowest BCUT2D eigenvalue weighted by Gasteiger charge is -2.22. The highest BCUT2D eigenvalue weighted by Gasteiger charge is 2.27. The zero-order valence-electron chi connectivity index (χ0n) is 15.3. The fourth-order valence-corrected chi connectivity index (χ4v) is 3.81. The van der Waals surface area contributed by atoms with E-state index in [0.29, 0.717) is 6.10 Å². The fourth-order valence-electron chi connectivity index (χ4n) is 3.81. The van der Waals surface area contributed by atoms with Gasteiger partial charge in [0.05, 0.1) is 11.8 Å². The molecule has 2 aliphatic rings. The highest BCUT2D eigenvalue weighted by molar-refractivity contribution is 5.85. The van der Waals surface area contributed by atoms with E-state index in [-0.39, 0.29) is 12.4 Å². The van der Waals surface area contributed by atoms with Crippen LogP contribution < -0.4 is 10.2 Å². The molecule has 0 aliphatic carbocycles. The van der Waals surface area contributed by atoms with Crippen molar-refractivity contribution in [2.45, 2.75) is 31.8 Å². The van der Waals surface area contributed by atoms with E-state index in [2.05, 4.69) is 34.5 Å². The van der Waals surface area contributed by atoms with Crippen LogP contribution in [0.1, 0.15) is 29.1 Å². The minimum absolute atomic E-state index is 0. The summed E-state index contributed by atoms with van der Waals surface area (Å²) in [7, 11) is 1.80. The first kappa shape index (κ1) is 19.1. The first-order valence-electron chi connectivity index (χ1n) is 9.24. The standard InChI is InChI=1S/C20H26N4O.ClH/c1-25-16-9-12-24(14-16)20-17-7-10-21-11-8-18(17)22-19(23-20)13-15-5-3-2-4-6-15;/h2-6,16,21H,7-14H2,1H3;1H/t16-;/m1./s1. The van der Waals surface area contributed by atoms with Gasteiger partial charge in [0.25, 0.3) is 0 Å². The van der Waals surface area contributed by atoms with Crippen LogP contribution in [0.25, 0.3) is 0 Å². The molecule has 0 amide bonds. The molecule has 2 aromatic rings. The van der Waals surface area contributed by atoms with Crippen molar-refractivity contribution in [3.05, 3.63) is 53.0 Å². The van der Waals surface area contributed by atoms with E-state index in [1.807, 2.05) is 6.07 Å². The van der Waals surface area contributed by atoms with Gasteiger partial charge >= 0.3 is 0 Å². The number of benzene rings is 1. The normalized spacial score (nSPS) is 19.6. The monoisotopic (exact) mass is 374 g/mol. The minimum atomic E-state index is 0. The van der Waals surface area contributed by atoms with Gasteiger partial charge in [-0.05, 0) is 24.9 Å². The largest absolute Gasteiger partial charge is 0.380 e. The van der Waals surface area contributed by atoms with Crippen LogP contribution in [-0.4, -0.2) is 49.4 Å². The summed E-state index contributed by atoms with van der Waals surface area (Å²) in [5, 5.41) is 3.49. The van der Waals surface area contributed by atoms with Crippen LogP contribution in [0.5, 0.6) is 0 Å². The van der Waals surface area contributed by atoms with Gasteiger partial charge in [-0.1, -0.05) is 30.3 Å². The zero-order valence-corrected chi connectivity index (χ0v) is 16.1. The van der Waals surface area contributed by atoms with Gasteiger partial charge in [0, 0.05) is 45.1 Å². The van der Waals surface area contributed by atoms with Crippen LogP contribution >= 0.6 is 12.4 Å². The predicted octanol–water partition coefficient (Wildman–Crippen LogP) is 2.40. The van der Waals surface area contributed by atoms with E-state index in [9.17, 15) is 0 Å². The van der Waals surface area contributed by atoms with Crippen molar-refractivity contribution in [2.75, 3.05) is 38.2 Å². The molecular weight excluding hydrogens is 348 g/mol. The van der Waals surface area contributed by atoms with Gasteiger partial charge in [-0.2, -0.15) is 0 Å². The number of hydrogen-bond acceptors (Lipinski definition) is 5. The van der Waals surface area contributed by atoms with Crippen LogP contribution in [0.15, 0.2) is 30.3 Å². The van der Waals surface area contributed by atoms with Gasteiger partial charge in [-0.15, -0.1) is 12.4 Å². The number of aromatic nitrogens is 2. The molecule has 0 unspecified atom stereocenters. The first-order valence-corrected chi connectivity index (χ1v) is 9.24. The number of methoxy groups -OCH3 is 1. The van der Waals surface area contributed by atoms with Crippen LogP contribution in [-0.2, 0) is 24.0 Å². The molecule has 1 atom stereocenters. The molecule has 1 N–H and O–H groups in total. The molecule has 4 rings (SSSR count). The molecule has 0 spiro atoms. The lowest BCUT2D eigenvalue weighted by atomic mass is 10.1. The molecule has 140 valence electrons. The van der Waals surface area contributed by atoms with Gasteiger partial charge < -0.3 is 15.0 Å². The molecule has 3 heterocycles. The smallest absolute Gasteiger partial charge is 0.135 e. The Labute approximate surface area is 161 Å². The third-order valence-electron chi connectivity index (χ3n) is 5.19. The third kappa shape index (κ3) is 4.17. The topological polar surface area (TPSA) is 50.3 Å². The van der Waals surface area contributed by atoms with Crippen molar-refractivity contribution in [1.29, 1.82) is 0 Å². The molecule has 2 aliphatic heterocycles. The Morgan fingerprint density at radius 3 is 2.73 bits per heavy atom. The van der Waals surface area contributed by atoms with Crippen LogP contribution in [0.2, 0.25) is 0 Å². The molecule has 6 heteroatoms. The summed E-state index contributed by atoms with van der Waals surface area (Å²) in [6.45, 7) is 3.94. The van der Waals surface area contributed by atoms with E-state index >= 15 is 0 Å². The van der Waals surface area contributed by atoms with E-state index in [1.54, 1.807) is 7.11 Å². The first-order chi connectivity index (χ1) is 12.3. The Bertz CT molecular complexity index is 725. The second-order valence-electron chi connectivity index (χ2n) is 6.89. The molecule has 1 fully saturated rings. The van der Waals surface area contributed by atoms with Gasteiger partial charge in [0.1, 0.15) is 11.6 Å². The van der Waals surface area contributed by atoms with Crippen molar-refractivity contribution < 1.29 is 4.74 Å². The van der Waals surface area contributed by atoms with Crippen molar-refractivity contribution in [1.82, 2.24) is 15.3 Å². The second kappa shape index (κ2) is 8.80. The number of anilines is 1. The van der Waals surface area contributed by atoms with Gasteiger partial charge in [0.2, 0.25) is 0 Å². The Hall–Kier alpha value is -1.69. The zero-order chi connectivity index (χ0) is 17.1. The maximum atomic E-state index is 5.56. The minimum Gasteiger partial charge on any atom is -0.380 e. The van der Waals surface area contributed by atoms with Gasteiger partial charge in [-0.25, -0.2) is 9.97 Å². The van der Waals surface area contributed by atoms with Crippen LogP contribution in [0.3, 0.4) is 0 Å². The quantitative estimate of drug-likeness (QED) is 0.890. The predicted molar refractivity (Wildman–Crippen MR) is 106 cm³/mol. The fraction of sp³-hybridized carbons (Fsp3) is 0.500. The summed E-state index contributed by atoms with van der Waals surface area (Å²) in [5.74, 6) is 2.07. The SMILES string of the molecule is CO[C@@H]1CCN(c2nc(Cc3ccccc3)nc3c2CCNCC3)C1.Cl. The lowest BCUT2D eigenvalue weighted by molar-refractivity contribution is 0.121. The summed E-state index contributed by atoms with van der Waals surface area (Å²) in [6, 6.07) is 10.5. The summed E-state index contributed by atoms with van der Waals surface area (Å²) in [6.07, 6.45) is 4.16. The average Bonchev–Trinajstić information content (AvgIpc) is 3.00. The molecular formula is C20H27ClN4O. The number of hydrogen-bond donors (Lipinski definition) is 1. The van der Waals surface area contributed by atoms with Crippen molar-refractivity contribution in [3.8, 4) is 0 Å². The molecule has 1 saturated heterocycles. The third-order valence-corrected chi connectivity index (χ3v) is 5.19. The summed E-state index contributed by atoms with van der Waals surface area (Å²) in [5.41, 5.74) is 3.82. The van der Waals surface area contributed by atoms with Crippen LogP contribution in [0.4, 0.5) is 5.82 Å². The Balaban J connectivity index is 0.00000196. The summed E-state index contributed by atoms with van der Waals surface area (Å²) < 4.78 is 5.56. The van der Waals surface area contributed by atoms with E-state index in [1.165, 1.54) is 16.8 Å². The summed E-state index contributed by atoms with van der Waals surface area (Å²) in [4.78, 5) is 12.3. The van der Waals surface area contributed by atoms with E-state index in [0.717, 1.165) is 63.5 Å². The van der Waals surface area contributed by atoms with E-state index < -0.39 is 0 Å². The number of fused-ring (bicyclic) bond motifs is 1. The number of nitrogens with one attached hydrogen (secondary N) is 1. The van der Waals surface area contributed by atoms with Gasteiger partial charge in [0.15, 0.2) is 0 Å². The lowest BCUT2D eigenvalue weighted by Crippen LogP contribution is -2.26. The number of rotatable bonds is 4. The molecule has 0 radical (unpaired) electrons. The maximum absolute atomic E-state index is 5.56. The molecule has 5 nitrogen and oxygen atoms in total. The number of ether oxygens (including phenoxy) is 1. The maximum Gasteiger partial charge on any atom is 0.135 e. The Kier molecular flexibility index (Phi) is 6.46. The van der Waals surface area contributed by atoms with Crippen molar-refractivity contribution in [2.24, 2.45) is 0 Å².